The Balaban J connectivity index is 1.65. The SMILES string of the molecule is CC1(Cc2ccccc2)C=CC(Cc2ccccc2)=CC1. The molecule has 0 heterocycles. The summed E-state index contributed by atoms with van der Waals surface area (Å²) in [6.07, 6.45) is 10.4. The lowest BCUT2D eigenvalue weighted by molar-refractivity contribution is 0.424. The Morgan fingerprint density at radius 3 is 2.05 bits per heavy atom. The standard InChI is InChI=1S/C21H22/c1-21(17-20-10-6-3-7-11-20)14-12-19(13-15-21)16-18-8-4-2-5-9-18/h2-14H,15-17H2,1H3. The fourth-order valence-corrected chi connectivity index (χ4v) is 2.96. The number of benzene rings is 2. The molecule has 3 rings (SSSR count). The molecule has 1 aliphatic rings. The third-order valence-electron chi connectivity index (χ3n) is 4.23. The monoisotopic (exact) mass is 274 g/mol. The van der Waals surface area contributed by atoms with Gasteiger partial charge in [0.2, 0.25) is 0 Å². The molecule has 1 aliphatic carbocycles. The maximum absolute atomic E-state index is 2.41. The molecule has 0 fully saturated rings. The fourth-order valence-electron chi connectivity index (χ4n) is 2.96. The highest BCUT2D eigenvalue weighted by Gasteiger charge is 2.22. The molecule has 2 aromatic carbocycles. The highest BCUT2D eigenvalue weighted by molar-refractivity contribution is 5.33. The Morgan fingerprint density at radius 2 is 1.48 bits per heavy atom. The van der Waals surface area contributed by atoms with Crippen molar-refractivity contribution in [1.82, 2.24) is 0 Å². The van der Waals surface area contributed by atoms with Gasteiger partial charge in [-0.1, -0.05) is 85.8 Å². The Kier molecular flexibility index (Phi) is 4.06. The fraction of sp³-hybridized carbons (Fsp3) is 0.238. The summed E-state index contributed by atoms with van der Waals surface area (Å²) in [7, 11) is 0. The topological polar surface area (TPSA) is 0 Å². The van der Waals surface area contributed by atoms with Gasteiger partial charge in [-0.2, -0.15) is 0 Å². The van der Waals surface area contributed by atoms with E-state index in [1.54, 1.807) is 0 Å². The lowest BCUT2D eigenvalue weighted by Gasteiger charge is -2.28. The van der Waals surface area contributed by atoms with Crippen LogP contribution in [-0.4, -0.2) is 0 Å². The van der Waals surface area contributed by atoms with Crippen molar-refractivity contribution in [1.29, 1.82) is 0 Å². The average Bonchev–Trinajstić information content (AvgIpc) is 2.52. The molecule has 2 aromatic rings. The third-order valence-corrected chi connectivity index (χ3v) is 4.23. The summed E-state index contributed by atoms with van der Waals surface area (Å²) in [5.74, 6) is 0. The van der Waals surface area contributed by atoms with Crippen molar-refractivity contribution >= 4 is 0 Å². The van der Waals surface area contributed by atoms with Gasteiger partial charge in [0.05, 0.1) is 0 Å². The highest BCUT2D eigenvalue weighted by atomic mass is 14.3. The minimum atomic E-state index is 0.252. The van der Waals surface area contributed by atoms with Crippen LogP contribution in [-0.2, 0) is 12.8 Å². The first-order chi connectivity index (χ1) is 10.2. The van der Waals surface area contributed by atoms with Crippen LogP contribution in [0.15, 0.2) is 84.5 Å². The molecule has 0 N–H and O–H groups in total. The van der Waals surface area contributed by atoms with Gasteiger partial charge >= 0.3 is 0 Å². The molecule has 0 heteroatoms. The predicted octanol–water partition coefficient (Wildman–Crippen LogP) is 5.36. The normalized spacial score (nSPS) is 21.1. The molecular weight excluding hydrogens is 252 g/mol. The van der Waals surface area contributed by atoms with Crippen LogP contribution in [0.1, 0.15) is 24.5 Å². The van der Waals surface area contributed by atoms with Crippen LogP contribution < -0.4 is 0 Å². The smallest absolute Gasteiger partial charge is 0.00290 e. The van der Waals surface area contributed by atoms with Crippen molar-refractivity contribution in [3.63, 3.8) is 0 Å². The highest BCUT2D eigenvalue weighted by Crippen LogP contribution is 2.33. The second kappa shape index (κ2) is 6.13. The van der Waals surface area contributed by atoms with Gasteiger partial charge in [-0.25, -0.2) is 0 Å². The number of hydrogen-bond donors (Lipinski definition) is 0. The van der Waals surface area contributed by atoms with Crippen LogP contribution in [0, 0.1) is 5.41 Å². The minimum Gasteiger partial charge on any atom is -0.0801 e. The Bertz CT molecular complexity index is 634. The van der Waals surface area contributed by atoms with Crippen LogP contribution >= 0.6 is 0 Å². The van der Waals surface area contributed by atoms with E-state index < -0.39 is 0 Å². The molecule has 0 radical (unpaired) electrons. The zero-order chi connectivity index (χ0) is 14.5. The summed E-state index contributed by atoms with van der Waals surface area (Å²) in [6, 6.07) is 21.5. The largest absolute Gasteiger partial charge is 0.0801 e. The quantitative estimate of drug-likeness (QED) is 0.703. The first-order valence-corrected chi connectivity index (χ1v) is 7.70. The Labute approximate surface area is 127 Å². The van der Waals surface area contributed by atoms with E-state index in [4.69, 9.17) is 0 Å². The summed E-state index contributed by atoms with van der Waals surface area (Å²) in [5.41, 5.74) is 4.50. The average molecular weight is 274 g/mol. The van der Waals surface area contributed by atoms with Gasteiger partial charge in [0.1, 0.15) is 0 Å². The van der Waals surface area contributed by atoms with E-state index in [2.05, 4.69) is 85.8 Å². The summed E-state index contributed by atoms with van der Waals surface area (Å²) < 4.78 is 0. The first-order valence-electron chi connectivity index (χ1n) is 7.70. The van der Waals surface area contributed by atoms with E-state index in [1.807, 2.05) is 0 Å². The van der Waals surface area contributed by atoms with Gasteiger partial charge in [-0.15, -0.1) is 0 Å². The van der Waals surface area contributed by atoms with E-state index in [0.29, 0.717) is 0 Å². The lowest BCUT2D eigenvalue weighted by atomic mass is 9.76. The van der Waals surface area contributed by atoms with Crippen LogP contribution in [0.25, 0.3) is 0 Å². The predicted molar refractivity (Wildman–Crippen MR) is 90.2 cm³/mol. The van der Waals surface area contributed by atoms with Crippen molar-refractivity contribution in [2.24, 2.45) is 5.41 Å². The molecule has 0 amide bonds. The van der Waals surface area contributed by atoms with Gasteiger partial charge in [0.15, 0.2) is 0 Å². The molecule has 0 saturated carbocycles. The first kappa shape index (κ1) is 13.9. The molecule has 21 heavy (non-hydrogen) atoms. The van der Waals surface area contributed by atoms with E-state index in [0.717, 1.165) is 19.3 Å². The Morgan fingerprint density at radius 1 is 0.857 bits per heavy atom. The second-order valence-corrected chi connectivity index (χ2v) is 6.30. The molecular formula is C21H22. The molecule has 0 aromatic heterocycles. The maximum atomic E-state index is 2.41. The van der Waals surface area contributed by atoms with Crippen molar-refractivity contribution in [3.8, 4) is 0 Å². The van der Waals surface area contributed by atoms with Gasteiger partial charge in [-0.05, 0) is 41.4 Å². The number of allylic oxidation sites excluding steroid dienone is 4. The van der Waals surface area contributed by atoms with E-state index in [9.17, 15) is 0 Å². The molecule has 0 bridgehead atoms. The summed E-state index contributed by atoms with van der Waals surface area (Å²) in [6.45, 7) is 2.35. The van der Waals surface area contributed by atoms with Crippen LogP contribution in [0.2, 0.25) is 0 Å². The van der Waals surface area contributed by atoms with Gasteiger partial charge in [0, 0.05) is 0 Å². The molecule has 0 spiro atoms. The molecule has 1 atom stereocenters. The van der Waals surface area contributed by atoms with Crippen molar-refractivity contribution in [2.45, 2.75) is 26.2 Å². The van der Waals surface area contributed by atoms with Crippen molar-refractivity contribution < 1.29 is 0 Å². The second-order valence-electron chi connectivity index (χ2n) is 6.30. The molecule has 106 valence electrons. The molecule has 0 saturated heterocycles. The number of hydrogen-bond acceptors (Lipinski definition) is 0. The zero-order valence-electron chi connectivity index (χ0n) is 12.6. The summed E-state index contributed by atoms with van der Waals surface area (Å²) in [4.78, 5) is 0. The number of rotatable bonds is 4. The zero-order valence-corrected chi connectivity index (χ0v) is 12.6. The van der Waals surface area contributed by atoms with E-state index in [1.165, 1.54) is 16.7 Å². The summed E-state index contributed by atoms with van der Waals surface area (Å²) in [5, 5.41) is 0. The third kappa shape index (κ3) is 3.72. The van der Waals surface area contributed by atoms with Crippen molar-refractivity contribution in [2.75, 3.05) is 0 Å². The maximum Gasteiger partial charge on any atom is -0.00290 e. The minimum absolute atomic E-state index is 0.252. The van der Waals surface area contributed by atoms with Gasteiger partial charge in [0.25, 0.3) is 0 Å². The van der Waals surface area contributed by atoms with Gasteiger partial charge < -0.3 is 0 Å². The van der Waals surface area contributed by atoms with E-state index >= 15 is 0 Å². The molecule has 1 unspecified atom stereocenters. The van der Waals surface area contributed by atoms with E-state index in [-0.39, 0.29) is 5.41 Å². The van der Waals surface area contributed by atoms with Gasteiger partial charge in [-0.3, -0.25) is 0 Å². The molecule has 0 nitrogen and oxygen atoms in total. The Hall–Kier alpha value is -2.08. The molecule has 0 aliphatic heterocycles. The van der Waals surface area contributed by atoms with Crippen LogP contribution in [0.3, 0.4) is 0 Å². The summed E-state index contributed by atoms with van der Waals surface area (Å²) >= 11 is 0. The lowest BCUT2D eigenvalue weighted by Crippen LogP contribution is -2.18. The van der Waals surface area contributed by atoms with Crippen LogP contribution in [0.4, 0.5) is 0 Å². The van der Waals surface area contributed by atoms with Crippen LogP contribution in [0.5, 0.6) is 0 Å². The van der Waals surface area contributed by atoms with Crippen molar-refractivity contribution in [3.05, 3.63) is 95.6 Å².